The number of benzene rings is 1. The van der Waals surface area contributed by atoms with Crippen LogP contribution >= 0.6 is 27.3 Å². The second-order valence-corrected chi connectivity index (χ2v) is 7.37. The molecular formula is C16H16BrF2NO2S. The molecule has 1 heterocycles. The lowest BCUT2D eigenvalue weighted by atomic mass is 10.2. The van der Waals surface area contributed by atoms with Crippen molar-refractivity contribution in [2.75, 3.05) is 0 Å². The van der Waals surface area contributed by atoms with Crippen LogP contribution in [0.25, 0.3) is 0 Å². The Kier molecular flexibility index (Phi) is 6.98. The molecule has 0 radical (unpaired) electrons. The summed E-state index contributed by atoms with van der Waals surface area (Å²) in [6.07, 6.45) is 1.98. The average Bonchev–Trinajstić information content (AvgIpc) is 2.91. The second-order valence-electron chi connectivity index (χ2n) is 4.82. The highest BCUT2D eigenvalue weighted by Crippen LogP contribution is 2.23. The van der Waals surface area contributed by atoms with Crippen LogP contribution in [0.4, 0.5) is 8.78 Å². The number of para-hydroxylation sites is 1. The fourth-order valence-electron chi connectivity index (χ4n) is 2.05. The lowest BCUT2D eigenvalue weighted by Crippen LogP contribution is -2.23. The lowest BCUT2D eigenvalue weighted by Gasteiger charge is -2.11. The van der Waals surface area contributed by atoms with Crippen molar-refractivity contribution in [3.63, 3.8) is 0 Å². The van der Waals surface area contributed by atoms with Crippen LogP contribution in [0.15, 0.2) is 40.2 Å². The first-order valence-electron chi connectivity index (χ1n) is 7.08. The summed E-state index contributed by atoms with van der Waals surface area (Å²) in [6, 6.07) is 10.5. The largest absolute Gasteiger partial charge is 0.434 e. The van der Waals surface area contributed by atoms with Gasteiger partial charge in [0.05, 0.1) is 3.79 Å². The van der Waals surface area contributed by atoms with Gasteiger partial charge in [-0.2, -0.15) is 8.78 Å². The Balaban J connectivity index is 1.76. The molecule has 0 unspecified atom stereocenters. The predicted octanol–water partition coefficient (Wildman–Crippen LogP) is 4.75. The smallest absolute Gasteiger partial charge is 0.387 e. The first-order valence-corrected chi connectivity index (χ1v) is 8.69. The van der Waals surface area contributed by atoms with Crippen molar-refractivity contribution in [2.24, 2.45) is 0 Å². The Morgan fingerprint density at radius 3 is 2.74 bits per heavy atom. The fraction of sp³-hybridized carbons (Fsp3) is 0.312. The van der Waals surface area contributed by atoms with Crippen LogP contribution in [0.5, 0.6) is 5.75 Å². The molecule has 0 fully saturated rings. The van der Waals surface area contributed by atoms with E-state index < -0.39 is 6.61 Å². The number of nitrogens with one attached hydrogen (secondary N) is 1. The molecule has 0 aliphatic rings. The Morgan fingerprint density at radius 2 is 2.04 bits per heavy atom. The van der Waals surface area contributed by atoms with Gasteiger partial charge < -0.3 is 10.1 Å². The van der Waals surface area contributed by atoms with Gasteiger partial charge in [0.1, 0.15) is 5.75 Å². The highest BCUT2D eigenvalue weighted by atomic mass is 79.9. The number of carbonyl (C=O) groups excluding carboxylic acids is 1. The van der Waals surface area contributed by atoms with E-state index in [1.54, 1.807) is 29.5 Å². The monoisotopic (exact) mass is 403 g/mol. The third-order valence-corrected chi connectivity index (χ3v) is 4.80. The summed E-state index contributed by atoms with van der Waals surface area (Å²) in [4.78, 5) is 13.1. The van der Waals surface area contributed by atoms with Gasteiger partial charge in [0.25, 0.3) is 0 Å². The number of amides is 1. The van der Waals surface area contributed by atoms with Gasteiger partial charge in [-0.15, -0.1) is 11.3 Å². The maximum absolute atomic E-state index is 12.3. The molecule has 0 aliphatic carbocycles. The summed E-state index contributed by atoms with van der Waals surface area (Å²) in [6.45, 7) is -2.70. The predicted molar refractivity (Wildman–Crippen MR) is 89.9 cm³/mol. The summed E-state index contributed by atoms with van der Waals surface area (Å²) in [5, 5.41) is 2.73. The molecule has 0 bridgehead atoms. The minimum atomic E-state index is -2.88. The van der Waals surface area contributed by atoms with E-state index in [0.29, 0.717) is 12.0 Å². The summed E-state index contributed by atoms with van der Waals surface area (Å²) in [5.74, 6) is -0.0151. The number of ether oxygens (including phenoxy) is 1. The van der Waals surface area contributed by atoms with Crippen molar-refractivity contribution in [3.05, 3.63) is 50.6 Å². The molecule has 2 rings (SSSR count). The first-order chi connectivity index (χ1) is 11.0. The zero-order chi connectivity index (χ0) is 16.7. The molecule has 7 heteroatoms. The molecule has 0 aliphatic heterocycles. The summed E-state index contributed by atoms with van der Waals surface area (Å²) >= 11 is 5.06. The highest BCUT2D eigenvalue weighted by molar-refractivity contribution is 9.11. The average molecular weight is 404 g/mol. The molecule has 1 N–H and O–H groups in total. The third-order valence-electron chi connectivity index (χ3n) is 3.12. The van der Waals surface area contributed by atoms with E-state index in [4.69, 9.17) is 0 Å². The van der Waals surface area contributed by atoms with Crippen LogP contribution in [-0.4, -0.2) is 12.5 Å². The van der Waals surface area contributed by atoms with E-state index in [1.807, 2.05) is 12.1 Å². The molecule has 0 saturated heterocycles. The molecule has 1 amide bonds. The Morgan fingerprint density at radius 1 is 1.26 bits per heavy atom. The van der Waals surface area contributed by atoms with Crippen molar-refractivity contribution >= 4 is 33.2 Å². The summed E-state index contributed by atoms with van der Waals surface area (Å²) in [7, 11) is 0. The van der Waals surface area contributed by atoms with Crippen LogP contribution < -0.4 is 10.1 Å². The van der Waals surface area contributed by atoms with Gasteiger partial charge in [-0.3, -0.25) is 4.79 Å². The number of carbonyl (C=O) groups is 1. The zero-order valence-electron chi connectivity index (χ0n) is 12.2. The zero-order valence-corrected chi connectivity index (χ0v) is 14.6. The Hall–Kier alpha value is -1.47. The fourth-order valence-corrected chi connectivity index (χ4v) is 3.58. The van der Waals surface area contributed by atoms with Crippen LogP contribution in [0, 0.1) is 0 Å². The van der Waals surface area contributed by atoms with Crippen LogP contribution in [0.3, 0.4) is 0 Å². The lowest BCUT2D eigenvalue weighted by molar-refractivity contribution is -0.121. The number of hydrogen-bond acceptors (Lipinski definition) is 3. The summed E-state index contributed by atoms with van der Waals surface area (Å²) in [5.41, 5.74) is 0.531. The molecule has 0 saturated carbocycles. The van der Waals surface area contributed by atoms with E-state index in [2.05, 4.69) is 26.0 Å². The first kappa shape index (κ1) is 17.9. The molecule has 2 aromatic rings. The van der Waals surface area contributed by atoms with Crippen molar-refractivity contribution < 1.29 is 18.3 Å². The van der Waals surface area contributed by atoms with Crippen molar-refractivity contribution in [3.8, 4) is 5.75 Å². The highest BCUT2D eigenvalue weighted by Gasteiger charge is 2.10. The Labute approximate surface area is 145 Å². The van der Waals surface area contributed by atoms with E-state index in [1.165, 1.54) is 10.9 Å². The van der Waals surface area contributed by atoms with Gasteiger partial charge in [-0.25, -0.2) is 0 Å². The molecule has 0 spiro atoms. The number of thiophene rings is 1. The van der Waals surface area contributed by atoms with Crippen LogP contribution in [0.2, 0.25) is 0 Å². The second kappa shape index (κ2) is 8.98. The Bertz CT molecular complexity index is 649. The van der Waals surface area contributed by atoms with Gasteiger partial charge in [-0.1, -0.05) is 18.2 Å². The molecule has 3 nitrogen and oxygen atoms in total. The van der Waals surface area contributed by atoms with E-state index in [0.717, 1.165) is 16.6 Å². The molecule has 0 atom stereocenters. The number of halogens is 3. The van der Waals surface area contributed by atoms with Crippen molar-refractivity contribution in [2.45, 2.75) is 32.4 Å². The maximum Gasteiger partial charge on any atom is 0.387 e. The minimum Gasteiger partial charge on any atom is -0.434 e. The van der Waals surface area contributed by atoms with E-state index in [9.17, 15) is 13.6 Å². The number of aryl methyl sites for hydroxylation is 1. The number of hydrogen-bond donors (Lipinski definition) is 1. The van der Waals surface area contributed by atoms with Gasteiger partial charge >= 0.3 is 6.61 Å². The van der Waals surface area contributed by atoms with Crippen LogP contribution in [-0.2, 0) is 17.8 Å². The van der Waals surface area contributed by atoms with Crippen molar-refractivity contribution in [1.29, 1.82) is 0 Å². The molecule has 124 valence electrons. The van der Waals surface area contributed by atoms with Crippen LogP contribution in [0.1, 0.15) is 23.3 Å². The SMILES string of the molecule is O=C(CCCc1ccc(Br)s1)NCc1ccccc1OC(F)F. The molecule has 1 aromatic carbocycles. The third kappa shape index (κ3) is 6.27. The minimum absolute atomic E-state index is 0.0891. The molecular weight excluding hydrogens is 388 g/mol. The standard InChI is InChI=1S/C16H16BrF2NO2S/c17-14-9-8-12(23-14)5-3-7-15(21)20-10-11-4-1-2-6-13(11)22-16(18)19/h1-2,4,6,8-9,16H,3,5,7,10H2,(H,20,21). The number of rotatable bonds is 8. The summed E-state index contributed by atoms with van der Waals surface area (Å²) < 4.78 is 30.1. The van der Waals surface area contributed by atoms with Gasteiger partial charge in [-0.05, 0) is 47.0 Å². The van der Waals surface area contributed by atoms with E-state index in [-0.39, 0.29) is 18.2 Å². The maximum atomic E-state index is 12.3. The molecule has 1 aromatic heterocycles. The van der Waals surface area contributed by atoms with Gasteiger partial charge in [0, 0.05) is 23.4 Å². The molecule has 23 heavy (non-hydrogen) atoms. The van der Waals surface area contributed by atoms with Gasteiger partial charge in [0.15, 0.2) is 0 Å². The topological polar surface area (TPSA) is 38.3 Å². The van der Waals surface area contributed by atoms with Gasteiger partial charge in [0.2, 0.25) is 5.91 Å². The van der Waals surface area contributed by atoms with Crippen molar-refractivity contribution in [1.82, 2.24) is 5.32 Å². The number of alkyl halides is 2. The quantitative estimate of drug-likeness (QED) is 0.690. The normalized spacial score (nSPS) is 10.8. The van der Waals surface area contributed by atoms with E-state index >= 15 is 0 Å².